The molecule has 0 N–H and O–H groups in total. The lowest BCUT2D eigenvalue weighted by atomic mass is 10.1. The number of rotatable bonds is 5. The Morgan fingerprint density at radius 3 is 2.63 bits per heavy atom. The highest BCUT2D eigenvalue weighted by Gasteiger charge is 2.12. The van der Waals surface area contributed by atoms with Crippen LogP contribution in [0.4, 0.5) is 0 Å². The highest BCUT2D eigenvalue weighted by atomic mass is 16.5. The molecule has 0 aliphatic rings. The summed E-state index contributed by atoms with van der Waals surface area (Å²) < 4.78 is 11.8. The summed E-state index contributed by atoms with van der Waals surface area (Å²) in [5, 5.41) is 8.39. The van der Waals surface area contributed by atoms with Gasteiger partial charge in [-0.05, 0) is 18.2 Å². The average Bonchev–Trinajstić information content (AvgIpc) is 3.19. The van der Waals surface area contributed by atoms with Crippen LogP contribution in [0.1, 0.15) is 5.89 Å². The van der Waals surface area contributed by atoms with Crippen molar-refractivity contribution in [2.75, 3.05) is 7.11 Å². The molecule has 0 radical (unpaired) electrons. The average molecular weight is 360 g/mol. The van der Waals surface area contributed by atoms with E-state index in [2.05, 4.69) is 15.2 Å². The van der Waals surface area contributed by atoms with Crippen LogP contribution in [0.2, 0.25) is 0 Å². The molecule has 7 heteroatoms. The Balaban J connectivity index is 1.61. The van der Waals surface area contributed by atoms with Crippen molar-refractivity contribution in [2.24, 2.45) is 0 Å². The van der Waals surface area contributed by atoms with Gasteiger partial charge in [0.2, 0.25) is 11.7 Å². The Bertz CT molecular complexity index is 1120. The lowest BCUT2D eigenvalue weighted by molar-refractivity contribution is 0.363. The Labute approximate surface area is 154 Å². The van der Waals surface area contributed by atoms with E-state index in [4.69, 9.17) is 9.26 Å². The van der Waals surface area contributed by atoms with E-state index in [-0.39, 0.29) is 12.1 Å². The fourth-order valence-corrected chi connectivity index (χ4v) is 2.65. The number of aromatic nitrogens is 4. The van der Waals surface area contributed by atoms with Crippen LogP contribution in [0, 0.1) is 0 Å². The summed E-state index contributed by atoms with van der Waals surface area (Å²) in [5.74, 6) is 1.43. The van der Waals surface area contributed by atoms with Crippen molar-refractivity contribution in [1.82, 2.24) is 19.9 Å². The Kier molecular flexibility index (Phi) is 4.49. The maximum Gasteiger partial charge on any atom is 0.267 e. The molecule has 0 aliphatic heterocycles. The third-order valence-electron chi connectivity index (χ3n) is 4.02. The molecule has 4 aromatic rings. The summed E-state index contributed by atoms with van der Waals surface area (Å²) in [6.45, 7) is 0.0937. The Morgan fingerprint density at radius 1 is 1.00 bits per heavy atom. The Hall–Kier alpha value is -3.74. The quantitative estimate of drug-likeness (QED) is 0.544. The number of methoxy groups -OCH3 is 1. The molecule has 0 aliphatic carbocycles. The molecule has 0 unspecified atom stereocenters. The predicted octanol–water partition coefficient (Wildman–Crippen LogP) is 3.02. The lowest BCUT2D eigenvalue weighted by Gasteiger charge is -2.04. The van der Waals surface area contributed by atoms with Crippen LogP contribution in [0.5, 0.6) is 5.75 Å². The SMILES string of the molecule is COc1cccc(-c2noc(Cn3nc(-c4ccccc4)ccc3=O)n2)c1. The summed E-state index contributed by atoms with van der Waals surface area (Å²) in [7, 11) is 1.60. The van der Waals surface area contributed by atoms with Crippen molar-refractivity contribution in [3.8, 4) is 28.4 Å². The van der Waals surface area contributed by atoms with Gasteiger partial charge in [0, 0.05) is 17.2 Å². The standard InChI is InChI=1S/C20H16N4O3/c1-26-16-9-5-8-15(12-16)20-21-18(27-23-20)13-24-19(25)11-10-17(22-24)14-6-3-2-4-7-14/h2-12H,13H2,1H3. The smallest absolute Gasteiger partial charge is 0.267 e. The van der Waals surface area contributed by atoms with E-state index >= 15 is 0 Å². The van der Waals surface area contributed by atoms with Crippen molar-refractivity contribution in [1.29, 1.82) is 0 Å². The molecule has 0 atom stereocenters. The number of ether oxygens (including phenoxy) is 1. The third-order valence-corrected chi connectivity index (χ3v) is 4.02. The highest BCUT2D eigenvalue weighted by Crippen LogP contribution is 2.21. The van der Waals surface area contributed by atoms with Gasteiger partial charge in [-0.25, -0.2) is 4.68 Å². The van der Waals surface area contributed by atoms with Gasteiger partial charge in [-0.15, -0.1) is 0 Å². The van der Waals surface area contributed by atoms with E-state index in [1.807, 2.05) is 54.6 Å². The molecule has 2 aromatic carbocycles. The van der Waals surface area contributed by atoms with Gasteiger partial charge in [-0.2, -0.15) is 10.1 Å². The first-order valence-corrected chi connectivity index (χ1v) is 8.33. The maximum atomic E-state index is 12.2. The molecule has 134 valence electrons. The summed E-state index contributed by atoms with van der Waals surface area (Å²) >= 11 is 0. The molecule has 2 heterocycles. The minimum absolute atomic E-state index is 0.0937. The summed E-state index contributed by atoms with van der Waals surface area (Å²) in [6, 6.07) is 20.2. The van der Waals surface area contributed by atoms with Crippen molar-refractivity contribution < 1.29 is 9.26 Å². The predicted molar refractivity (Wildman–Crippen MR) is 99.3 cm³/mol. The number of benzene rings is 2. The molecule has 0 bridgehead atoms. The van der Waals surface area contributed by atoms with E-state index < -0.39 is 0 Å². The molecule has 2 aromatic heterocycles. The molecule has 4 rings (SSSR count). The first-order valence-electron chi connectivity index (χ1n) is 8.33. The Morgan fingerprint density at radius 2 is 1.81 bits per heavy atom. The van der Waals surface area contributed by atoms with Crippen molar-refractivity contribution >= 4 is 0 Å². The molecule has 27 heavy (non-hydrogen) atoms. The normalized spacial score (nSPS) is 10.7. The molecular formula is C20H16N4O3. The van der Waals surface area contributed by atoms with E-state index in [9.17, 15) is 4.79 Å². The monoisotopic (exact) mass is 360 g/mol. The van der Waals surface area contributed by atoms with Gasteiger partial charge in [0.15, 0.2) is 0 Å². The summed E-state index contributed by atoms with van der Waals surface area (Å²) in [6.07, 6.45) is 0. The van der Waals surface area contributed by atoms with Crippen LogP contribution in [-0.2, 0) is 6.54 Å². The topological polar surface area (TPSA) is 83.0 Å². The number of nitrogens with zero attached hydrogens (tertiary/aromatic N) is 4. The minimum atomic E-state index is -0.240. The second-order valence-corrected chi connectivity index (χ2v) is 5.82. The van der Waals surface area contributed by atoms with Gasteiger partial charge in [-0.1, -0.05) is 47.6 Å². The fraction of sp³-hybridized carbons (Fsp3) is 0.100. The van der Waals surface area contributed by atoms with E-state index in [0.29, 0.717) is 23.2 Å². The highest BCUT2D eigenvalue weighted by molar-refractivity contribution is 5.58. The zero-order chi connectivity index (χ0) is 18.6. The van der Waals surface area contributed by atoms with Gasteiger partial charge < -0.3 is 9.26 Å². The van der Waals surface area contributed by atoms with Crippen molar-refractivity contribution in [3.05, 3.63) is 83.0 Å². The first kappa shape index (κ1) is 16.7. The van der Waals surface area contributed by atoms with Crippen LogP contribution in [0.3, 0.4) is 0 Å². The maximum absolute atomic E-state index is 12.2. The number of hydrogen-bond acceptors (Lipinski definition) is 6. The van der Waals surface area contributed by atoms with E-state index in [0.717, 1.165) is 11.1 Å². The van der Waals surface area contributed by atoms with Gasteiger partial charge >= 0.3 is 0 Å². The fourth-order valence-electron chi connectivity index (χ4n) is 2.65. The van der Waals surface area contributed by atoms with Gasteiger partial charge in [0.25, 0.3) is 5.56 Å². The lowest BCUT2D eigenvalue weighted by Crippen LogP contribution is -2.23. The van der Waals surface area contributed by atoms with Crippen LogP contribution in [-0.4, -0.2) is 27.0 Å². The molecule has 0 saturated heterocycles. The molecule has 0 spiro atoms. The zero-order valence-electron chi connectivity index (χ0n) is 14.6. The molecule has 0 saturated carbocycles. The van der Waals surface area contributed by atoms with E-state index in [1.54, 1.807) is 13.2 Å². The van der Waals surface area contributed by atoms with Crippen molar-refractivity contribution in [2.45, 2.75) is 6.54 Å². The van der Waals surface area contributed by atoms with Gasteiger partial charge in [0.1, 0.15) is 12.3 Å². The molecule has 0 fully saturated rings. The van der Waals surface area contributed by atoms with Crippen LogP contribution >= 0.6 is 0 Å². The van der Waals surface area contributed by atoms with Crippen LogP contribution in [0.15, 0.2) is 76.0 Å². The van der Waals surface area contributed by atoms with Gasteiger partial charge in [0.05, 0.1) is 12.8 Å². The third kappa shape index (κ3) is 3.62. The van der Waals surface area contributed by atoms with Crippen molar-refractivity contribution in [3.63, 3.8) is 0 Å². The number of hydrogen-bond donors (Lipinski definition) is 0. The summed E-state index contributed by atoms with van der Waals surface area (Å²) in [4.78, 5) is 16.5. The molecule has 0 amide bonds. The van der Waals surface area contributed by atoms with Gasteiger partial charge in [-0.3, -0.25) is 4.79 Å². The van der Waals surface area contributed by atoms with Crippen LogP contribution in [0.25, 0.3) is 22.6 Å². The molecule has 7 nitrogen and oxygen atoms in total. The second kappa shape index (κ2) is 7.25. The largest absolute Gasteiger partial charge is 0.497 e. The second-order valence-electron chi connectivity index (χ2n) is 5.82. The van der Waals surface area contributed by atoms with Crippen LogP contribution < -0.4 is 10.3 Å². The zero-order valence-corrected chi connectivity index (χ0v) is 14.6. The first-order chi connectivity index (χ1) is 13.2. The minimum Gasteiger partial charge on any atom is -0.497 e. The van der Waals surface area contributed by atoms with E-state index in [1.165, 1.54) is 10.7 Å². The summed E-state index contributed by atoms with van der Waals surface area (Å²) in [5.41, 5.74) is 2.15. The molecular weight excluding hydrogens is 344 g/mol.